The number of aliphatic hydroxyl groups excluding tert-OH is 1. The highest BCUT2D eigenvalue weighted by atomic mass is 32.2. The summed E-state index contributed by atoms with van der Waals surface area (Å²) < 4.78 is 27.0. The van der Waals surface area contributed by atoms with Gasteiger partial charge in [-0.2, -0.15) is 4.31 Å². The number of rotatable bonds is 4. The summed E-state index contributed by atoms with van der Waals surface area (Å²) in [5.74, 6) is 0.323. The summed E-state index contributed by atoms with van der Waals surface area (Å²) in [6.07, 6.45) is 1.28. The molecule has 2 rings (SSSR count). The van der Waals surface area contributed by atoms with Gasteiger partial charge < -0.3 is 5.11 Å². The predicted octanol–water partition coefficient (Wildman–Crippen LogP) is 2.55. The third-order valence-corrected chi connectivity index (χ3v) is 5.93. The van der Waals surface area contributed by atoms with Crippen LogP contribution in [-0.2, 0) is 10.0 Å². The second-order valence-corrected chi connectivity index (χ2v) is 7.70. The van der Waals surface area contributed by atoms with Gasteiger partial charge in [0.05, 0.1) is 11.0 Å². The van der Waals surface area contributed by atoms with Gasteiger partial charge in [-0.3, -0.25) is 0 Å². The first kappa shape index (κ1) is 15.5. The van der Waals surface area contributed by atoms with Gasteiger partial charge in [0.2, 0.25) is 10.0 Å². The third-order valence-electron chi connectivity index (χ3n) is 3.99. The molecule has 1 fully saturated rings. The van der Waals surface area contributed by atoms with E-state index in [1.165, 1.54) is 0 Å². The molecule has 0 bridgehead atoms. The van der Waals surface area contributed by atoms with Gasteiger partial charge in [-0.05, 0) is 43.4 Å². The number of benzene rings is 1. The number of hydrogen-bond acceptors (Lipinski definition) is 3. The standard InChI is InChI=1S/C15H23NO3S/c1-11(2)15-5-4-10-16(15)20(18,19)14-8-6-13(7-9-14)12(3)17/h6-9,11-12,15,17H,4-5,10H2,1-3H3. The third kappa shape index (κ3) is 2.90. The Balaban J connectivity index is 2.30. The Hall–Kier alpha value is -0.910. The molecule has 4 nitrogen and oxygen atoms in total. The fourth-order valence-corrected chi connectivity index (χ4v) is 4.61. The summed E-state index contributed by atoms with van der Waals surface area (Å²) in [4.78, 5) is 0.314. The van der Waals surface area contributed by atoms with E-state index in [4.69, 9.17) is 0 Å². The smallest absolute Gasteiger partial charge is 0.243 e. The summed E-state index contributed by atoms with van der Waals surface area (Å²) in [6, 6.07) is 6.63. The first-order chi connectivity index (χ1) is 9.34. The van der Waals surface area contributed by atoms with E-state index in [0.717, 1.165) is 18.4 Å². The van der Waals surface area contributed by atoms with Gasteiger partial charge in [-0.25, -0.2) is 8.42 Å². The van der Waals surface area contributed by atoms with Gasteiger partial charge >= 0.3 is 0 Å². The van der Waals surface area contributed by atoms with Crippen molar-refractivity contribution in [1.82, 2.24) is 4.31 Å². The van der Waals surface area contributed by atoms with Crippen LogP contribution in [0, 0.1) is 5.92 Å². The van der Waals surface area contributed by atoms with E-state index < -0.39 is 16.1 Å². The summed E-state index contributed by atoms with van der Waals surface area (Å²) in [6.45, 7) is 6.40. The van der Waals surface area contributed by atoms with Crippen LogP contribution >= 0.6 is 0 Å². The fourth-order valence-electron chi connectivity index (χ4n) is 2.78. The predicted molar refractivity (Wildman–Crippen MR) is 78.8 cm³/mol. The Bertz CT molecular complexity index is 549. The van der Waals surface area contributed by atoms with Gasteiger partial charge in [0.1, 0.15) is 0 Å². The molecule has 2 unspecified atom stereocenters. The van der Waals surface area contributed by atoms with E-state index in [1.54, 1.807) is 35.5 Å². The lowest BCUT2D eigenvalue weighted by Crippen LogP contribution is -2.38. The summed E-state index contributed by atoms with van der Waals surface area (Å²) in [7, 11) is -3.42. The van der Waals surface area contributed by atoms with Crippen LogP contribution in [0.2, 0.25) is 0 Å². The zero-order valence-electron chi connectivity index (χ0n) is 12.3. The fraction of sp³-hybridized carbons (Fsp3) is 0.600. The number of hydrogen-bond donors (Lipinski definition) is 1. The lowest BCUT2D eigenvalue weighted by atomic mass is 10.0. The van der Waals surface area contributed by atoms with E-state index in [0.29, 0.717) is 17.4 Å². The molecule has 20 heavy (non-hydrogen) atoms. The van der Waals surface area contributed by atoms with Crippen molar-refractivity contribution in [2.45, 2.75) is 50.7 Å². The van der Waals surface area contributed by atoms with Gasteiger partial charge in [-0.1, -0.05) is 26.0 Å². The number of sulfonamides is 1. The number of nitrogens with zero attached hydrogens (tertiary/aromatic N) is 1. The van der Waals surface area contributed by atoms with Gasteiger partial charge in [0, 0.05) is 12.6 Å². The minimum Gasteiger partial charge on any atom is -0.389 e. The van der Waals surface area contributed by atoms with Crippen molar-refractivity contribution >= 4 is 10.0 Å². The Labute approximate surface area is 121 Å². The normalized spacial score (nSPS) is 22.4. The second-order valence-electron chi connectivity index (χ2n) is 5.81. The maximum Gasteiger partial charge on any atom is 0.243 e. The quantitative estimate of drug-likeness (QED) is 0.929. The molecule has 0 spiro atoms. The van der Waals surface area contributed by atoms with E-state index in [9.17, 15) is 13.5 Å². The second kappa shape index (κ2) is 5.84. The van der Waals surface area contributed by atoms with Crippen LogP contribution in [-0.4, -0.2) is 30.4 Å². The van der Waals surface area contributed by atoms with Crippen molar-refractivity contribution in [3.05, 3.63) is 29.8 Å². The van der Waals surface area contributed by atoms with Crippen LogP contribution < -0.4 is 0 Å². The van der Waals surface area contributed by atoms with Gasteiger partial charge in [-0.15, -0.1) is 0 Å². The molecule has 112 valence electrons. The summed E-state index contributed by atoms with van der Waals surface area (Å²) in [5.41, 5.74) is 0.728. The molecular weight excluding hydrogens is 274 g/mol. The molecule has 2 atom stereocenters. The summed E-state index contributed by atoms with van der Waals surface area (Å²) in [5, 5.41) is 9.48. The Morgan fingerprint density at radius 2 is 1.80 bits per heavy atom. The maximum absolute atomic E-state index is 12.7. The minimum atomic E-state index is -3.42. The maximum atomic E-state index is 12.7. The molecule has 1 N–H and O–H groups in total. The SMILES string of the molecule is CC(O)c1ccc(S(=O)(=O)N2CCCC2C(C)C)cc1. The van der Waals surface area contributed by atoms with Crippen LogP contribution in [0.1, 0.15) is 45.3 Å². The highest BCUT2D eigenvalue weighted by Gasteiger charge is 2.36. The molecule has 0 amide bonds. The molecule has 1 heterocycles. The molecule has 1 aliphatic heterocycles. The Morgan fingerprint density at radius 1 is 1.20 bits per heavy atom. The van der Waals surface area contributed by atoms with E-state index in [1.807, 2.05) is 0 Å². The molecule has 0 aromatic heterocycles. The van der Waals surface area contributed by atoms with Crippen LogP contribution in [0.5, 0.6) is 0 Å². The molecule has 0 radical (unpaired) electrons. The van der Waals surface area contributed by atoms with Crippen molar-refractivity contribution in [3.8, 4) is 0 Å². The zero-order valence-corrected chi connectivity index (χ0v) is 13.1. The van der Waals surface area contributed by atoms with Crippen molar-refractivity contribution in [2.75, 3.05) is 6.54 Å². The molecule has 1 aromatic carbocycles. The van der Waals surface area contributed by atoms with Crippen LogP contribution in [0.15, 0.2) is 29.2 Å². The van der Waals surface area contributed by atoms with Crippen molar-refractivity contribution in [3.63, 3.8) is 0 Å². The highest BCUT2D eigenvalue weighted by Crippen LogP contribution is 2.30. The molecule has 0 aliphatic carbocycles. The van der Waals surface area contributed by atoms with Crippen LogP contribution in [0.3, 0.4) is 0 Å². The van der Waals surface area contributed by atoms with Gasteiger partial charge in [0.25, 0.3) is 0 Å². The molecule has 1 saturated heterocycles. The zero-order chi connectivity index (χ0) is 14.9. The van der Waals surface area contributed by atoms with E-state index >= 15 is 0 Å². The van der Waals surface area contributed by atoms with Crippen LogP contribution in [0.4, 0.5) is 0 Å². The molecule has 1 aliphatic rings. The van der Waals surface area contributed by atoms with Crippen LogP contribution in [0.25, 0.3) is 0 Å². The Morgan fingerprint density at radius 3 is 2.30 bits per heavy atom. The topological polar surface area (TPSA) is 57.6 Å². The van der Waals surface area contributed by atoms with Crippen molar-refractivity contribution in [2.24, 2.45) is 5.92 Å². The minimum absolute atomic E-state index is 0.0939. The lowest BCUT2D eigenvalue weighted by molar-refractivity contribution is 0.199. The Kier molecular flexibility index (Phi) is 4.52. The average molecular weight is 297 g/mol. The first-order valence-electron chi connectivity index (χ1n) is 7.14. The molecular formula is C15H23NO3S. The van der Waals surface area contributed by atoms with Crippen molar-refractivity contribution < 1.29 is 13.5 Å². The molecule has 0 saturated carbocycles. The monoisotopic (exact) mass is 297 g/mol. The van der Waals surface area contributed by atoms with Gasteiger partial charge in [0.15, 0.2) is 0 Å². The molecule has 5 heteroatoms. The first-order valence-corrected chi connectivity index (χ1v) is 8.58. The lowest BCUT2D eigenvalue weighted by Gasteiger charge is -2.27. The largest absolute Gasteiger partial charge is 0.389 e. The highest BCUT2D eigenvalue weighted by molar-refractivity contribution is 7.89. The van der Waals surface area contributed by atoms with Crippen molar-refractivity contribution in [1.29, 1.82) is 0 Å². The van der Waals surface area contributed by atoms with E-state index in [-0.39, 0.29) is 6.04 Å². The number of aliphatic hydroxyl groups is 1. The summed E-state index contributed by atoms with van der Waals surface area (Å²) >= 11 is 0. The average Bonchev–Trinajstić information content (AvgIpc) is 2.89. The van der Waals surface area contributed by atoms with E-state index in [2.05, 4.69) is 13.8 Å². The molecule has 1 aromatic rings.